The van der Waals surface area contributed by atoms with Gasteiger partial charge in [-0.1, -0.05) is 6.07 Å². The SMILES string of the molecule is OCCOCc1cccs1. The van der Waals surface area contributed by atoms with Crippen LogP contribution in [0.1, 0.15) is 4.88 Å². The van der Waals surface area contributed by atoms with E-state index in [0.29, 0.717) is 13.2 Å². The molecule has 0 aromatic carbocycles. The predicted molar refractivity (Wildman–Crippen MR) is 41.1 cm³/mol. The highest BCUT2D eigenvalue weighted by Gasteiger charge is 1.91. The normalized spacial score (nSPS) is 10.1. The van der Waals surface area contributed by atoms with Crippen molar-refractivity contribution >= 4 is 11.3 Å². The van der Waals surface area contributed by atoms with E-state index in [1.165, 1.54) is 4.88 Å². The van der Waals surface area contributed by atoms with Gasteiger partial charge in [0.15, 0.2) is 0 Å². The Bertz CT molecular complexity index is 160. The summed E-state index contributed by atoms with van der Waals surface area (Å²) in [6.07, 6.45) is 0. The van der Waals surface area contributed by atoms with E-state index in [9.17, 15) is 0 Å². The second-order valence-electron chi connectivity index (χ2n) is 1.86. The monoisotopic (exact) mass is 158 g/mol. The van der Waals surface area contributed by atoms with Crippen LogP contribution in [0.4, 0.5) is 0 Å². The van der Waals surface area contributed by atoms with E-state index in [0.717, 1.165) is 0 Å². The number of aliphatic hydroxyl groups is 1. The van der Waals surface area contributed by atoms with Gasteiger partial charge < -0.3 is 9.84 Å². The molecule has 1 aromatic rings. The van der Waals surface area contributed by atoms with Gasteiger partial charge in [-0.05, 0) is 11.4 Å². The minimum atomic E-state index is 0.103. The van der Waals surface area contributed by atoms with Crippen LogP contribution in [0, 0.1) is 0 Å². The first kappa shape index (κ1) is 7.72. The van der Waals surface area contributed by atoms with Gasteiger partial charge in [-0.3, -0.25) is 0 Å². The van der Waals surface area contributed by atoms with E-state index < -0.39 is 0 Å². The van der Waals surface area contributed by atoms with E-state index in [1.807, 2.05) is 17.5 Å². The molecule has 0 amide bonds. The first-order valence-corrected chi connectivity index (χ1v) is 4.02. The molecule has 0 unspecified atom stereocenters. The quantitative estimate of drug-likeness (QED) is 0.668. The molecule has 0 aliphatic rings. The molecule has 1 rings (SSSR count). The molecular formula is C7H10O2S. The highest BCUT2D eigenvalue weighted by atomic mass is 32.1. The van der Waals surface area contributed by atoms with Crippen molar-refractivity contribution in [1.29, 1.82) is 0 Å². The summed E-state index contributed by atoms with van der Waals surface area (Å²) in [5.41, 5.74) is 0. The third kappa shape index (κ3) is 2.47. The molecule has 0 spiro atoms. The summed E-state index contributed by atoms with van der Waals surface area (Å²) >= 11 is 1.67. The second kappa shape index (κ2) is 4.44. The van der Waals surface area contributed by atoms with Crippen molar-refractivity contribution in [3.63, 3.8) is 0 Å². The average molecular weight is 158 g/mol. The highest BCUT2D eigenvalue weighted by molar-refractivity contribution is 7.09. The Morgan fingerprint density at radius 3 is 3.10 bits per heavy atom. The van der Waals surface area contributed by atoms with Gasteiger partial charge >= 0.3 is 0 Å². The Hall–Kier alpha value is -0.380. The van der Waals surface area contributed by atoms with Crippen LogP contribution in [0.2, 0.25) is 0 Å². The summed E-state index contributed by atoms with van der Waals surface area (Å²) < 4.78 is 5.09. The molecule has 0 aliphatic heterocycles. The highest BCUT2D eigenvalue weighted by Crippen LogP contribution is 2.08. The summed E-state index contributed by atoms with van der Waals surface area (Å²) in [6, 6.07) is 4.00. The van der Waals surface area contributed by atoms with Crippen LogP contribution in [0.25, 0.3) is 0 Å². The van der Waals surface area contributed by atoms with Gasteiger partial charge in [-0.2, -0.15) is 0 Å². The summed E-state index contributed by atoms with van der Waals surface area (Å²) in [7, 11) is 0. The van der Waals surface area contributed by atoms with Gasteiger partial charge in [-0.25, -0.2) is 0 Å². The lowest BCUT2D eigenvalue weighted by atomic mass is 10.5. The molecule has 1 heterocycles. The van der Waals surface area contributed by atoms with Crippen LogP contribution in [-0.2, 0) is 11.3 Å². The first-order valence-electron chi connectivity index (χ1n) is 3.14. The van der Waals surface area contributed by atoms with E-state index in [2.05, 4.69) is 0 Å². The number of rotatable bonds is 4. The lowest BCUT2D eigenvalue weighted by Crippen LogP contribution is -1.97. The maximum atomic E-state index is 8.37. The molecule has 0 saturated carbocycles. The van der Waals surface area contributed by atoms with Crippen molar-refractivity contribution in [2.24, 2.45) is 0 Å². The largest absolute Gasteiger partial charge is 0.394 e. The molecular weight excluding hydrogens is 148 g/mol. The van der Waals surface area contributed by atoms with Gasteiger partial charge in [-0.15, -0.1) is 11.3 Å². The van der Waals surface area contributed by atoms with E-state index in [-0.39, 0.29) is 6.61 Å². The van der Waals surface area contributed by atoms with Crippen LogP contribution in [0.3, 0.4) is 0 Å². The van der Waals surface area contributed by atoms with Crippen LogP contribution in [0.15, 0.2) is 17.5 Å². The van der Waals surface area contributed by atoms with Crippen LogP contribution in [0.5, 0.6) is 0 Å². The Labute approximate surface area is 64.1 Å². The lowest BCUT2D eigenvalue weighted by molar-refractivity contribution is 0.0831. The Morgan fingerprint density at radius 1 is 1.60 bits per heavy atom. The van der Waals surface area contributed by atoms with Gasteiger partial charge in [0.25, 0.3) is 0 Å². The van der Waals surface area contributed by atoms with Gasteiger partial charge in [0.1, 0.15) is 0 Å². The smallest absolute Gasteiger partial charge is 0.0810 e. The fraction of sp³-hybridized carbons (Fsp3) is 0.429. The zero-order valence-corrected chi connectivity index (χ0v) is 6.43. The van der Waals surface area contributed by atoms with Gasteiger partial charge in [0.2, 0.25) is 0 Å². The molecule has 56 valence electrons. The molecule has 0 radical (unpaired) electrons. The van der Waals surface area contributed by atoms with Crippen molar-refractivity contribution in [3.05, 3.63) is 22.4 Å². The van der Waals surface area contributed by atoms with Crippen LogP contribution in [-0.4, -0.2) is 18.3 Å². The number of aliphatic hydroxyl groups excluding tert-OH is 1. The van der Waals surface area contributed by atoms with Crippen LogP contribution >= 0.6 is 11.3 Å². The van der Waals surface area contributed by atoms with Crippen molar-refractivity contribution in [1.82, 2.24) is 0 Å². The number of thiophene rings is 1. The molecule has 1 N–H and O–H groups in total. The van der Waals surface area contributed by atoms with Crippen molar-refractivity contribution < 1.29 is 9.84 Å². The number of hydrogen-bond donors (Lipinski definition) is 1. The Kier molecular flexibility index (Phi) is 3.43. The standard InChI is InChI=1S/C7H10O2S/c8-3-4-9-6-7-2-1-5-10-7/h1-2,5,8H,3-4,6H2. The maximum Gasteiger partial charge on any atom is 0.0810 e. The van der Waals surface area contributed by atoms with E-state index >= 15 is 0 Å². The molecule has 0 atom stereocenters. The first-order chi connectivity index (χ1) is 4.93. The molecule has 0 aliphatic carbocycles. The van der Waals surface area contributed by atoms with Crippen molar-refractivity contribution in [2.75, 3.05) is 13.2 Å². The minimum absolute atomic E-state index is 0.103. The lowest BCUT2D eigenvalue weighted by Gasteiger charge is -1.97. The predicted octanol–water partition coefficient (Wildman–Crippen LogP) is 1.26. The third-order valence-electron chi connectivity index (χ3n) is 1.06. The Balaban J connectivity index is 2.15. The molecule has 0 saturated heterocycles. The molecule has 0 bridgehead atoms. The number of hydrogen-bond acceptors (Lipinski definition) is 3. The molecule has 1 aromatic heterocycles. The Morgan fingerprint density at radius 2 is 2.50 bits per heavy atom. The molecule has 3 heteroatoms. The van der Waals surface area contributed by atoms with Crippen molar-refractivity contribution in [3.8, 4) is 0 Å². The zero-order valence-electron chi connectivity index (χ0n) is 5.62. The number of ether oxygens (including phenoxy) is 1. The van der Waals surface area contributed by atoms with Crippen molar-refractivity contribution in [2.45, 2.75) is 6.61 Å². The fourth-order valence-corrected chi connectivity index (χ4v) is 1.27. The topological polar surface area (TPSA) is 29.5 Å². The molecule has 2 nitrogen and oxygen atoms in total. The summed E-state index contributed by atoms with van der Waals surface area (Å²) in [4.78, 5) is 1.20. The zero-order chi connectivity index (χ0) is 7.23. The molecule has 10 heavy (non-hydrogen) atoms. The van der Waals surface area contributed by atoms with E-state index in [1.54, 1.807) is 11.3 Å². The molecule has 0 fully saturated rings. The second-order valence-corrected chi connectivity index (χ2v) is 2.89. The van der Waals surface area contributed by atoms with E-state index in [4.69, 9.17) is 9.84 Å². The van der Waals surface area contributed by atoms with Gasteiger partial charge in [0, 0.05) is 4.88 Å². The minimum Gasteiger partial charge on any atom is -0.394 e. The fourth-order valence-electron chi connectivity index (χ4n) is 0.632. The summed E-state index contributed by atoms with van der Waals surface area (Å²) in [5, 5.41) is 10.4. The summed E-state index contributed by atoms with van der Waals surface area (Å²) in [6.45, 7) is 1.15. The summed E-state index contributed by atoms with van der Waals surface area (Å²) in [5.74, 6) is 0. The average Bonchev–Trinajstić information content (AvgIpc) is 2.41. The third-order valence-corrected chi connectivity index (χ3v) is 1.91. The van der Waals surface area contributed by atoms with Crippen LogP contribution < -0.4 is 0 Å². The van der Waals surface area contributed by atoms with Gasteiger partial charge in [0.05, 0.1) is 19.8 Å². The maximum absolute atomic E-state index is 8.37.